The highest BCUT2D eigenvalue weighted by Crippen LogP contribution is 2.34. The Labute approximate surface area is 104 Å². The van der Waals surface area contributed by atoms with Crippen LogP contribution in [-0.4, -0.2) is 13.9 Å². The van der Waals surface area contributed by atoms with Crippen molar-refractivity contribution in [3.8, 4) is 5.75 Å². The molecule has 0 spiro atoms. The summed E-state index contributed by atoms with van der Waals surface area (Å²) in [6.07, 6.45) is 2.53. The van der Waals surface area contributed by atoms with Gasteiger partial charge in [0.05, 0.1) is 17.5 Å². The van der Waals surface area contributed by atoms with Gasteiger partial charge in [0.1, 0.15) is 0 Å². The Hall–Kier alpha value is -1.41. The van der Waals surface area contributed by atoms with Gasteiger partial charge in [0.2, 0.25) is 0 Å². The Bertz CT molecular complexity index is 689. The zero-order valence-corrected chi connectivity index (χ0v) is 9.93. The molecular weight excluding hydrogens is 297 g/mol. The first-order valence-electron chi connectivity index (χ1n) is 4.37. The van der Waals surface area contributed by atoms with Gasteiger partial charge in [0.15, 0.2) is 5.75 Å². The van der Waals surface area contributed by atoms with Gasteiger partial charge in [-0.2, -0.15) is 21.6 Å². The minimum atomic E-state index is -5.74. The van der Waals surface area contributed by atoms with E-state index in [-0.39, 0.29) is 5.02 Å². The lowest BCUT2D eigenvalue weighted by molar-refractivity contribution is -0.0499. The van der Waals surface area contributed by atoms with E-state index in [9.17, 15) is 21.6 Å². The first-order chi connectivity index (χ1) is 8.21. The molecule has 2 aromatic rings. The molecule has 0 saturated heterocycles. The maximum atomic E-state index is 12.1. The van der Waals surface area contributed by atoms with Crippen LogP contribution in [0.1, 0.15) is 0 Å². The number of fused-ring (bicyclic) bond motifs is 1. The third-order valence-electron chi connectivity index (χ3n) is 2.01. The van der Waals surface area contributed by atoms with Crippen molar-refractivity contribution in [2.24, 2.45) is 0 Å². The maximum Gasteiger partial charge on any atom is 0.534 e. The van der Waals surface area contributed by atoms with Crippen molar-refractivity contribution in [3.05, 3.63) is 29.7 Å². The van der Waals surface area contributed by atoms with Crippen molar-refractivity contribution in [2.75, 3.05) is 0 Å². The van der Waals surface area contributed by atoms with E-state index in [1.165, 1.54) is 18.6 Å². The van der Waals surface area contributed by atoms with E-state index < -0.39 is 21.4 Å². The zero-order valence-electron chi connectivity index (χ0n) is 8.36. The van der Waals surface area contributed by atoms with Crippen LogP contribution in [0.15, 0.2) is 29.1 Å². The molecule has 0 bridgehead atoms. The van der Waals surface area contributed by atoms with Crippen molar-refractivity contribution < 1.29 is 30.2 Å². The molecule has 0 aliphatic heterocycles. The average Bonchev–Trinajstić information content (AvgIpc) is 2.63. The number of hydrogen-bond acceptors (Lipinski definition) is 4. The number of halogens is 4. The summed E-state index contributed by atoms with van der Waals surface area (Å²) in [6, 6.07) is 2.28. The number of furan rings is 1. The monoisotopic (exact) mass is 300 g/mol. The molecule has 98 valence electrons. The fourth-order valence-corrected chi connectivity index (χ4v) is 1.92. The predicted molar refractivity (Wildman–Crippen MR) is 56.8 cm³/mol. The van der Waals surface area contributed by atoms with Crippen LogP contribution in [0.4, 0.5) is 13.2 Å². The van der Waals surface area contributed by atoms with E-state index >= 15 is 0 Å². The van der Waals surface area contributed by atoms with Gasteiger partial charge in [-0.3, -0.25) is 0 Å². The summed E-state index contributed by atoms with van der Waals surface area (Å²) in [5, 5.41) is 0.611. The summed E-state index contributed by atoms with van der Waals surface area (Å²) in [7, 11) is -5.74. The number of alkyl halides is 3. The van der Waals surface area contributed by atoms with Crippen molar-refractivity contribution in [1.29, 1.82) is 0 Å². The third kappa shape index (κ3) is 2.25. The Morgan fingerprint density at radius 3 is 2.28 bits per heavy atom. The van der Waals surface area contributed by atoms with Crippen LogP contribution in [0.5, 0.6) is 5.75 Å². The molecule has 1 aromatic carbocycles. The molecule has 1 aromatic heterocycles. The number of rotatable bonds is 2. The molecule has 0 atom stereocenters. The molecule has 0 fully saturated rings. The summed E-state index contributed by atoms with van der Waals surface area (Å²) in [5.41, 5.74) is -5.51. The minimum Gasteiger partial charge on any atom is -0.471 e. The molecule has 0 N–H and O–H groups in total. The topological polar surface area (TPSA) is 56.5 Å². The highest BCUT2D eigenvalue weighted by Gasteiger charge is 2.48. The Kier molecular flexibility index (Phi) is 2.94. The van der Waals surface area contributed by atoms with Crippen LogP contribution in [0, 0.1) is 0 Å². The van der Waals surface area contributed by atoms with Crippen molar-refractivity contribution in [3.63, 3.8) is 0 Å². The van der Waals surface area contributed by atoms with Crippen LogP contribution < -0.4 is 4.18 Å². The third-order valence-corrected chi connectivity index (χ3v) is 3.27. The summed E-state index contributed by atoms with van der Waals surface area (Å²) >= 11 is 5.62. The highest BCUT2D eigenvalue weighted by atomic mass is 35.5. The quantitative estimate of drug-likeness (QED) is 0.630. The first-order valence-corrected chi connectivity index (χ1v) is 6.15. The Morgan fingerprint density at radius 2 is 1.72 bits per heavy atom. The molecule has 0 aliphatic rings. The molecule has 1 heterocycles. The van der Waals surface area contributed by atoms with Crippen LogP contribution >= 0.6 is 11.6 Å². The summed E-state index contributed by atoms with van der Waals surface area (Å²) < 4.78 is 66.8. The normalized spacial score (nSPS) is 12.9. The lowest BCUT2D eigenvalue weighted by Crippen LogP contribution is -2.28. The van der Waals surface area contributed by atoms with E-state index in [2.05, 4.69) is 4.18 Å². The van der Waals surface area contributed by atoms with Gasteiger partial charge >= 0.3 is 15.6 Å². The summed E-state index contributed by atoms with van der Waals surface area (Å²) in [4.78, 5) is 0. The van der Waals surface area contributed by atoms with E-state index in [4.69, 9.17) is 16.0 Å². The smallest absolute Gasteiger partial charge is 0.471 e. The second-order valence-corrected chi connectivity index (χ2v) is 5.21. The van der Waals surface area contributed by atoms with E-state index in [1.807, 2.05) is 0 Å². The molecular formula is C9H4ClF3O4S. The van der Waals surface area contributed by atoms with Crippen LogP contribution in [-0.2, 0) is 10.1 Å². The fourth-order valence-electron chi connectivity index (χ4n) is 1.20. The molecule has 0 amide bonds. The summed E-state index contributed by atoms with van der Waals surface area (Å²) in [5.74, 6) is -0.608. The largest absolute Gasteiger partial charge is 0.534 e. The molecule has 2 rings (SSSR count). The van der Waals surface area contributed by atoms with Gasteiger partial charge in [-0.1, -0.05) is 11.6 Å². The van der Waals surface area contributed by atoms with E-state index in [1.54, 1.807) is 0 Å². The van der Waals surface area contributed by atoms with Crippen molar-refractivity contribution in [2.45, 2.75) is 5.51 Å². The minimum absolute atomic E-state index is 0.267. The molecule has 0 unspecified atom stereocenters. The van der Waals surface area contributed by atoms with Gasteiger partial charge in [0, 0.05) is 10.8 Å². The molecule has 0 radical (unpaired) electrons. The lowest BCUT2D eigenvalue weighted by Gasteiger charge is -2.10. The van der Waals surface area contributed by atoms with Gasteiger partial charge in [-0.25, -0.2) is 0 Å². The Morgan fingerprint density at radius 1 is 1.17 bits per heavy atom. The van der Waals surface area contributed by atoms with Gasteiger partial charge in [0.25, 0.3) is 0 Å². The fraction of sp³-hybridized carbons (Fsp3) is 0.111. The van der Waals surface area contributed by atoms with Crippen LogP contribution in [0.2, 0.25) is 5.02 Å². The summed E-state index contributed by atoms with van der Waals surface area (Å²) in [6.45, 7) is 0. The first kappa shape index (κ1) is 13.0. The second kappa shape index (κ2) is 4.06. The second-order valence-electron chi connectivity index (χ2n) is 3.27. The van der Waals surface area contributed by atoms with Gasteiger partial charge in [-0.15, -0.1) is 0 Å². The van der Waals surface area contributed by atoms with Crippen LogP contribution in [0.3, 0.4) is 0 Å². The van der Waals surface area contributed by atoms with Crippen molar-refractivity contribution in [1.82, 2.24) is 0 Å². The van der Waals surface area contributed by atoms with E-state index in [0.717, 1.165) is 6.07 Å². The van der Waals surface area contributed by atoms with Gasteiger partial charge in [-0.05, 0) is 12.1 Å². The molecule has 0 saturated carbocycles. The maximum absolute atomic E-state index is 12.1. The Balaban J connectivity index is 2.46. The molecule has 4 nitrogen and oxygen atoms in total. The van der Waals surface area contributed by atoms with Crippen molar-refractivity contribution >= 4 is 32.5 Å². The zero-order chi connectivity index (χ0) is 13.6. The number of hydrogen-bond donors (Lipinski definition) is 0. The lowest BCUT2D eigenvalue weighted by atomic mass is 10.2. The number of benzene rings is 1. The molecule has 9 heteroatoms. The van der Waals surface area contributed by atoms with E-state index in [0.29, 0.717) is 10.8 Å². The molecule has 18 heavy (non-hydrogen) atoms. The predicted octanol–water partition coefficient (Wildman–Crippen LogP) is 3.31. The van der Waals surface area contributed by atoms with Gasteiger partial charge < -0.3 is 8.60 Å². The highest BCUT2D eigenvalue weighted by molar-refractivity contribution is 7.88. The standard InChI is InChI=1S/C9H4ClF3O4S/c10-7-1-5-3-16-4-6(5)2-8(7)17-18(14,15)9(11,12)13/h1-4H. The SMILES string of the molecule is O=S(=O)(Oc1cc2cocc2cc1Cl)C(F)(F)F. The average molecular weight is 301 g/mol. The molecule has 0 aliphatic carbocycles. The van der Waals surface area contributed by atoms with Crippen LogP contribution in [0.25, 0.3) is 10.8 Å².